The molecular formula is C18H22BrNO. The zero-order valence-corrected chi connectivity index (χ0v) is 14.6. The second-order valence-corrected chi connectivity index (χ2v) is 7.22. The van der Waals surface area contributed by atoms with Gasteiger partial charge in [-0.2, -0.15) is 0 Å². The molecule has 3 heteroatoms. The van der Waals surface area contributed by atoms with E-state index in [0.29, 0.717) is 6.54 Å². The normalized spacial score (nSPS) is 11.5. The first-order valence-corrected chi connectivity index (χ1v) is 7.88. The Bertz CT molecular complexity index is 644. The van der Waals surface area contributed by atoms with Crippen LogP contribution in [0.4, 0.5) is 0 Å². The molecule has 0 aliphatic rings. The van der Waals surface area contributed by atoms with Gasteiger partial charge in [0, 0.05) is 22.1 Å². The van der Waals surface area contributed by atoms with Crippen molar-refractivity contribution in [3.8, 4) is 11.5 Å². The van der Waals surface area contributed by atoms with Gasteiger partial charge in [0.15, 0.2) is 0 Å². The van der Waals surface area contributed by atoms with Gasteiger partial charge in [-0.1, -0.05) is 60.5 Å². The number of hydrogen-bond acceptors (Lipinski definition) is 2. The molecule has 2 aromatic carbocycles. The van der Waals surface area contributed by atoms with Gasteiger partial charge in [0.25, 0.3) is 0 Å². The highest BCUT2D eigenvalue weighted by Gasteiger charge is 2.20. The lowest BCUT2D eigenvalue weighted by atomic mass is 9.85. The van der Waals surface area contributed by atoms with Gasteiger partial charge in [-0.05, 0) is 30.5 Å². The first kappa shape index (κ1) is 16.1. The zero-order chi connectivity index (χ0) is 15.6. The minimum atomic E-state index is 0.0241. The standard InChI is InChI=1S/C18H22BrNO/c1-12-5-8-16(15(9-12)18(2,3)4)21-17-10-14(19)7-6-13(17)11-20/h5-10H,11,20H2,1-4H3. The summed E-state index contributed by atoms with van der Waals surface area (Å²) >= 11 is 3.49. The molecule has 21 heavy (non-hydrogen) atoms. The van der Waals surface area contributed by atoms with E-state index in [9.17, 15) is 0 Å². The van der Waals surface area contributed by atoms with Gasteiger partial charge in [0.2, 0.25) is 0 Å². The smallest absolute Gasteiger partial charge is 0.133 e. The van der Waals surface area contributed by atoms with E-state index < -0.39 is 0 Å². The Labute approximate surface area is 135 Å². The van der Waals surface area contributed by atoms with Crippen molar-refractivity contribution in [1.29, 1.82) is 0 Å². The van der Waals surface area contributed by atoms with Crippen molar-refractivity contribution in [2.24, 2.45) is 5.73 Å². The quantitative estimate of drug-likeness (QED) is 0.816. The summed E-state index contributed by atoms with van der Waals surface area (Å²) in [6, 6.07) is 12.2. The van der Waals surface area contributed by atoms with E-state index in [1.807, 2.05) is 24.3 Å². The predicted molar refractivity (Wildman–Crippen MR) is 92.0 cm³/mol. The second kappa shape index (κ2) is 6.20. The Hall–Kier alpha value is -1.32. The molecule has 2 nitrogen and oxygen atoms in total. The fourth-order valence-corrected chi connectivity index (χ4v) is 2.57. The lowest BCUT2D eigenvalue weighted by Gasteiger charge is -2.24. The highest BCUT2D eigenvalue weighted by Crippen LogP contribution is 2.36. The SMILES string of the molecule is Cc1ccc(Oc2cc(Br)ccc2CN)c(C(C)(C)C)c1. The summed E-state index contributed by atoms with van der Waals surface area (Å²) in [4.78, 5) is 0. The maximum atomic E-state index is 6.18. The van der Waals surface area contributed by atoms with E-state index in [0.717, 1.165) is 21.5 Å². The van der Waals surface area contributed by atoms with Gasteiger partial charge >= 0.3 is 0 Å². The van der Waals surface area contributed by atoms with Gasteiger partial charge in [0.1, 0.15) is 11.5 Å². The summed E-state index contributed by atoms with van der Waals surface area (Å²) in [5, 5.41) is 0. The third kappa shape index (κ3) is 3.86. The molecule has 112 valence electrons. The highest BCUT2D eigenvalue weighted by molar-refractivity contribution is 9.10. The van der Waals surface area contributed by atoms with E-state index in [2.05, 4.69) is 55.8 Å². The van der Waals surface area contributed by atoms with Crippen LogP contribution in [0.15, 0.2) is 40.9 Å². The molecule has 0 saturated carbocycles. The van der Waals surface area contributed by atoms with Crippen LogP contribution in [0.5, 0.6) is 11.5 Å². The Morgan fingerprint density at radius 3 is 2.38 bits per heavy atom. The van der Waals surface area contributed by atoms with Crippen LogP contribution in [0.3, 0.4) is 0 Å². The molecule has 0 fully saturated rings. The van der Waals surface area contributed by atoms with Crippen molar-refractivity contribution >= 4 is 15.9 Å². The number of halogens is 1. The first-order valence-electron chi connectivity index (χ1n) is 7.09. The van der Waals surface area contributed by atoms with Crippen LogP contribution in [0.1, 0.15) is 37.5 Å². The molecule has 0 atom stereocenters. The van der Waals surface area contributed by atoms with Crippen molar-refractivity contribution in [3.05, 3.63) is 57.6 Å². The van der Waals surface area contributed by atoms with E-state index in [-0.39, 0.29) is 5.41 Å². The van der Waals surface area contributed by atoms with Crippen molar-refractivity contribution in [1.82, 2.24) is 0 Å². The monoisotopic (exact) mass is 347 g/mol. The summed E-state index contributed by atoms with van der Waals surface area (Å²) in [5.74, 6) is 1.70. The molecule has 0 aromatic heterocycles. The number of ether oxygens (including phenoxy) is 1. The second-order valence-electron chi connectivity index (χ2n) is 6.31. The van der Waals surface area contributed by atoms with Crippen LogP contribution < -0.4 is 10.5 Å². The molecule has 0 unspecified atom stereocenters. The van der Waals surface area contributed by atoms with Crippen LogP contribution >= 0.6 is 15.9 Å². The molecular weight excluding hydrogens is 326 g/mol. The van der Waals surface area contributed by atoms with E-state index in [4.69, 9.17) is 10.5 Å². The third-order valence-electron chi connectivity index (χ3n) is 3.41. The fourth-order valence-electron chi connectivity index (χ4n) is 2.23. The molecule has 0 heterocycles. The number of aryl methyl sites for hydroxylation is 1. The molecule has 0 radical (unpaired) electrons. The Morgan fingerprint density at radius 1 is 1.05 bits per heavy atom. The Morgan fingerprint density at radius 2 is 1.76 bits per heavy atom. The lowest BCUT2D eigenvalue weighted by molar-refractivity contribution is 0.450. The van der Waals surface area contributed by atoms with Crippen LogP contribution in [0.2, 0.25) is 0 Å². The van der Waals surface area contributed by atoms with E-state index >= 15 is 0 Å². The number of hydrogen-bond donors (Lipinski definition) is 1. The van der Waals surface area contributed by atoms with E-state index in [1.54, 1.807) is 0 Å². The topological polar surface area (TPSA) is 35.2 Å². The zero-order valence-electron chi connectivity index (χ0n) is 13.0. The molecule has 2 rings (SSSR count). The number of nitrogens with two attached hydrogens (primary N) is 1. The maximum Gasteiger partial charge on any atom is 0.133 e. The van der Waals surface area contributed by atoms with Gasteiger partial charge < -0.3 is 10.5 Å². The fraction of sp³-hybridized carbons (Fsp3) is 0.333. The molecule has 2 aromatic rings. The largest absolute Gasteiger partial charge is 0.457 e. The van der Waals surface area contributed by atoms with Crippen molar-refractivity contribution in [3.63, 3.8) is 0 Å². The number of rotatable bonds is 3. The summed E-state index contributed by atoms with van der Waals surface area (Å²) in [6.07, 6.45) is 0. The van der Waals surface area contributed by atoms with Crippen molar-refractivity contribution in [2.45, 2.75) is 39.7 Å². The molecule has 0 spiro atoms. The van der Waals surface area contributed by atoms with Gasteiger partial charge in [0.05, 0.1) is 0 Å². The van der Waals surface area contributed by atoms with Crippen LogP contribution in [-0.4, -0.2) is 0 Å². The Balaban J connectivity index is 2.47. The molecule has 0 amide bonds. The molecule has 0 aliphatic carbocycles. The summed E-state index contributed by atoms with van der Waals surface area (Å²) < 4.78 is 7.17. The molecule has 2 N–H and O–H groups in total. The van der Waals surface area contributed by atoms with Crippen LogP contribution in [0, 0.1) is 6.92 Å². The molecule has 0 saturated heterocycles. The van der Waals surface area contributed by atoms with Crippen LogP contribution in [0.25, 0.3) is 0 Å². The van der Waals surface area contributed by atoms with Crippen LogP contribution in [-0.2, 0) is 12.0 Å². The molecule has 0 aliphatic heterocycles. The van der Waals surface area contributed by atoms with Gasteiger partial charge in [-0.25, -0.2) is 0 Å². The summed E-state index contributed by atoms with van der Waals surface area (Å²) in [7, 11) is 0. The van der Waals surface area contributed by atoms with Crippen molar-refractivity contribution < 1.29 is 4.74 Å². The van der Waals surface area contributed by atoms with Gasteiger partial charge in [-0.15, -0.1) is 0 Å². The third-order valence-corrected chi connectivity index (χ3v) is 3.91. The average molecular weight is 348 g/mol. The van der Waals surface area contributed by atoms with Crippen molar-refractivity contribution in [2.75, 3.05) is 0 Å². The number of benzene rings is 2. The molecule has 0 bridgehead atoms. The summed E-state index contributed by atoms with van der Waals surface area (Å²) in [6.45, 7) is 9.14. The average Bonchev–Trinajstić information content (AvgIpc) is 2.40. The minimum absolute atomic E-state index is 0.0241. The highest BCUT2D eigenvalue weighted by atomic mass is 79.9. The minimum Gasteiger partial charge on any atom is -0.457 e. The van der Waals surface area contributed by atoms with Gasteiger partial charge in [-0.3, -0.25) is 0 Å². The predicted octanol–water partition coefficient (Wildman–Crippen LogP) is 5.31. The van der Waals surface area contributed by atoms with E-state index in [1.165, 1.54) is 11.1 Å². The lowest BCUT2D eigenvalue weighted by Crippen LogP contribution is -2.13. The summed E-state index contributed by atoms with van der Waals surface area (Å²) in [5.41, 5.74) is 9.27. The first-order chi connectivity index (χ1) is 9.81. The maximum absolute atomic E-state index is 6.18. The Kier molecular flexibility index (Phi) is 4.74.